The number of hydrogen-bond donors (Lipinski definition) is 2. The largest absolute Gasteiger partial charge is 0.481 e. The molecule has 3 unspecified atom stereocenters. The highest BCUT2D eigenvalue weighted by Gasteiger charge is 2.48. The first-order valence-electron chi connectivity index (χ1n) is 6.84. The van der Waals surface area contributed by atoms with E-state index >= 15 is 0 Å². The van der Waals surface area contributed by atoms with E-state index in [0.29, 0.717) is 25.5 Å². The van der Waals surface area contributed by atoms with Crippen molar-refractivity contribution in [1.82, 2.24) is 5.32 Å². The quantitative estimate of drug-likeness (QED) is 0.619. The highest BCUT2D eigenvalue weighted by atomic mass is 16.5. The standard InChI is InChI=1S/C13H21NO5/c15-12(10-6-11(10)13(16)17)14-3-1-4-18-7-9-2-5-19-8-9/h9-11H,1-8H2,(H,14,15)(H,16,17). The van der Waals surface area contributed by atoms with Crippen LogP contribution in [0.4, 0.5) is 0 Å². The summed E-state index contributed by atoms with van der Waals surface area (Å²) in [7, 11) is 0. The topological polar surface area (TPSA) is 84.9 Å². The van der Waals surface area contributed by atoms with Crippen LogP contribution in [0.5, 0.6) is 0 Å². The van der Waals surface area contributed by atoms with Crippen molar-refractivity contribution in [2.75, 3.05) is 33.0 Å². The Morgan fingerprint density at radius 1 is 1.37 bits per heavy atom. The number of carbonyl (C=O) groups excluding carboxylic acids is 1. The highest BCUT2D eigenvalue weighted by molar-refractivity contribution is 5.89. The Hall–Kier alpha value is -1.14. The summed E-state index contributed by atoms with van der Waals surface area (Å²) in [5, 5.41) is 11.5. The Kier molecular flexibility index (Phi) is 5.15. The van der Waals surface area contributed by atoms with E-state index in [9.17, 15) is 9.59 Å². The Bertz CT molecular complexity index is 327. The van der Waals surface area contributed by atoms with E-state index in [0.717, 1.165) is 32.7 Å². The molecule has 1 saturated carbocycles. The van der Waals surface area contributed by atoms with E-state index in [1.807, 2.05) is 0 Å². The minimum absolute atomic E-state index is 0.142. The molecular weight excluding hydrogens is 250 g/mol. The fourth-order valence-corrected chi connectivity index (χ4v) is 2.24. The second kappa shape index (κ2) is 6.86. The van der Waals surface area contributed by atoms with Crippen LogP contribution in [0.25, 0.3) is 0 Å². The Morgan fingerprint density at radius 2 is 2.21 bits per heavy atom. The number of amides is 1. The minimum atomic E-state index is -0.873. The number of hydrogen-bond acceptors (Lipinski definition) is 4. The molecule has 1 saturated heterocycles. The van der Waals surface area contributed by atoms with Crippen molar-refractivity contribution >= 4 is 11.9 Å². The van der Waals surface area contributed by atoms with Crippen LogP contribution in [0.15, 0.2) is 0 Å². The third kappa shape index (κ3) is 4.47. The van der Waals surface area contributed by atoms with E-state index < -0.39 is 11.9 Å². The number of rotatable bonds is 8. The maximum Gasteiger partial charge on any atom is 0.307 e. The van der Waals surface area contributed by atoms with Crippen LogP contribution in [-0.4, -0.2) is 50.0 Å². The van der Waals surface area contributed by atoms with Crippen molar-refractivity contribution in [3.05, 3.63) is 0 Å². The molecule has 0 aromatic heterocycles. The summed E-state index contributed by atoms with van der Waals surface area (Å²) in [6.45, 7) is 3.50. The molecule has 6 heteroatoms. The van der Waals surface area contributed by atoms with Gasteiger partial charge < -0.3 is 19.9 Å². The van der Waals surface area contributed by atoms with Crippen molar-refractivity contribution in [2.24, 2.45) is 17.8 Å². The fraction of sp³-hybridized carbons (Fsp3) is 0.846. The number of ether oxygens (including phenoxy) is 2. The second-order valence-electron chi connectivity index (χ2n) is 5.24. The molecule has 0 aromatic carbocycles. The summed E-state index contributed by atoms with van der Waals surface area (Å²) in [5.41, 5.74) is 0. The molecule has 1 aliphatic heterocycles. The van der Waals surface area contributed by atoms with Gasteiger partial charge in [-0.3, -0.25) is 9.59 Å². The van der Waals surface area contributed by atoms with Crippen molar-refractivity contribution in [3.8, 4) is 0 Å². The molecule has 2 N–H and O–H groups in total. The van der Waals surface area contributed by atoms with Crippen molar-refractivity contribution < 1.29 is 24.2 Å². The lowest BCUT2D eigenvalue weighted by atomic mass is 10.1. The highest BCUT2D eigenvalue weighted by Crippen LogP contribution is 2.38. The molecule has 2 rings (SSSR count). The van der Waals surface area contributed by atoms with Gasteiger partial charge in [0.15, 0.2) is 0 Å². The number of carboxylic acid groups (broad SMARTS) is 1. The number of carbonyl (C=O) groups is 2. The van der Waals surface area contributed by atoms with Gasteiger partial charge in [0.2, 0.25) is 5.91 Å². The van der Waals surface area contributed by atoms with Gasteiger partial charge in [0, 0.05) is 25.7 Å². The van der Waals surface area contributed by atoms with Gasteiger partial charge in [-0.2, -0.15) is 0 Å². The molecule has 2 aliphatic rings. The molecule has 6 nitrogen and oxygen atoms in total. The molecule has 0 aromatic rings. The first-order valence-corrected chi connectivity index (χ1v) is 6.84. The Morgan fingerprint density at radius 3 is 2.84 bits per heavy atom. The maximum atomic E-state index is 11.5. The van der Waals surface area contributed by atoms with E-state index in [1.54, 1.807) is 0 Å². The van der Waals surface area contributed by atoms with Gasteiger partial charge in [0.05, 0.1) is 25.0 Å². The van der Waals surface area contributed by atoms with E-state index in [2.05, 4.69) is 5.32 Å². The molecule has 1 heterocycles. The number of carboxylic acids is 1. The summed E-state index contributed by atoms with van der Waals surface area (Å²) in [5.74, 6) is -1.30. The summed E-state index contributed by atoms with van der Waals surface area (Å²) >= 11 is 0. The minimum Gasteiger partial charge on any atom is -0.481 e. The Balaban J connectivity index is 1.44. The van der Waals surface area contributed by atoms with Gasteiger partial charge in [0.25, 0.3) is 0 Å². The average molecular weight is 271 g/mol. The molecule has 2 fully saturated rings. The maximum absolute atomic E-state index is 11.5. The van der Waals surface area contributed by atoms with Gasteiger partial charge in [-0.25, -0.2) is 0 Å². The second-order valence-corrected chi connectivity index (χ2v) is 5.24. The molecule has 0 radical (unpaired) electrons. The first-order chi connectivity index (χ1) is 9.18. The van der Waals surface area contributed by atoms with E-state index in [4.69, 9.17) is 14.6 Å². The SMILES string of the molecule is O=C(O)C1CC1C(=O)NCCCOCC1CCOC1. The molecule has 0 spiro atoms. The summed E-state index contributed by atoms with van der Waals surface area (Å²) in [6, 6.07) is 0. The van der Waals surface area contributed by atoms with Crippen LogP contribution in [0.2, 0.25) is 0 Å². The third-order valence-electron chi connectivity index (χ3n) is 3.59. The zero-order valence-electron chi connectivity index (χ0n) is 11.0. The summed E-state index contributed by atoms with van der Waals surface area (Å²) in [6.07, 6.45) is 2.29. The van der Waals surface area contributed by atoms with E-state index in [-0.39, 0.29) is 11.8 Å². The molecule has 108 valence electrons. The fourth-order valence-electron chi connectivity index (χ4n) is 2.24. The van der Waals surface area contributed by atoms with Crippen molar-refractivity contribution in [3.63, 3.8) is 0 Å². The third-order valence-corrected chi connectivity index (χ3v) is 3.59. The van der Waals surface area contributed by atoms with Crippen molar-refractivity contribution in [1.29, 1.82) is 0 Å². The Labute approximate surface area is 112 Å². The summed E-state index contributed by atoms with van der Waals surface area (Å²) in [4.78, 5) is 22.1. The smallest absolute Gasteiger partial charge is 0.307 e. The lowest BCUT2D eigenvalue weighted by Gasteiger charge is -2.09. The lowest BCUT2D eigenvalue weighted by Crippen LogP contribution is -2.28. The number of nitrogens with one attached hydrogen (secondary N) is 1. The average Bonchev–Trinajstić information content (AvgIpc) is 3.04. The summed E-state index contributed by atoms with van der Waals surface area (Å²) < 4.78 is 10.8. The molecule has 3 atom stereocenters. The van der Waals surface area contributed by atoms with Gasteiger partial charge in [-0.15, -0.1) is 0 Å². The zero-order valence-corrected chi connectivity index (χ0v) is 11.0. The van der Waals surface area contributed by atoms with Crippen LogP contribution in [0.1, 0.15) is 19.3 Å². The molecule has 1 aliphatic carbocycles. The lowest BCUT2D eigenvalue weighted by molar-refractivity contribution is -0.140. The van der Waals surface area contributed by atoms with E-state index in [1.165, 1.54) is 0 Å². The van der Waals surface area contributed by atoms with Crippen LogP contribution >= 0.6 is 0 Å². The molecule has 1 amide bonds. The normalized spacial score (nSPS) is 29.2. The van der Waals surface area contributed by atoms with Gasteiger partial charge in [-0.1, -0.05) is 0 Å². The van der Waals surface area contributed by atoms with Gasteiger partial charge in [0.1, 0.15) is 0 Å². The predicted molar refractivity (Wildman–Crippen MR) is 66.6 cm³/mol. The van der Waals surface area contributed by atoms with Crippen molar-refractivity contribution in [2.45, 2.75) is 19.3 Å². The monoisotopic (exact) mass is 271 g/mol. The molecule has 19 heavy (non-hydrogen) atoms. The number of aliphatic carboxylic acids is 1. The van der Waals surface area contributed by atoms with Crippen LogP contribution in [0.3, 0.4) is 0 Å². The van der Waals surface area contributed by atoms with Crippen LogP contribution in [-0.2, 0) is 19.1 Å². The van der Waals surface area contributed by atoms with Crippen LogP contribution in [0, 0.1) is 17.8 Å². The predicted octanol–water partition coefficient (Wildman–Crippen LogP) is 0.267. The van der Waals surface area contributed by atoms with Crippen LogP contribution < -0.4 is 5.32 Å². The molecule has 0 bridgehead atoms. The molecular formula is C13H21NO5. The van der Waals surface area contributed by atoms with Gasteiger partial charge >= 0.3 is 5.97 Å². The first kappa shape index (κ1) is 14.3. The van der Waals surface area contributed by atoms with Gasteiger partial charge in [-0.05, 0) is 19.3 Å². The zero-order chi connectivity index (χ0) is 13.7.